The number of nitrogens with two attached hydrogens (primary N) is 1. The van der Waals surface area contributed by atoms with Crippen LogP contribution in [0, 0.1) is 5.82 Å². The molecular formula is C20H20FNO. The van der Waals surface area contributed by atoms with Gasteiger partial charge in [0, 0.05) is 0 Å². The predicted octanol–water partition coefficient (Wildman–Crippen LogP) is 4.12. The smallest absolute Gasteiger partial charge is 0.237 e. The largest absolute Gasteiger partial charge is 0.368 e. The summed E-state index contributed by atoms with van der Waals surface area (Å²) in [6.07, 6.45) is 5.59. The molecule has 0 saturated heterocycles. The van der Waals surface area contributed by atoms with Crippen molar-refractivity contribution < 1.29 is 9.18 Å². The minimum absolute atomic E-state index is 0.353. The molecule has 0 heterocycles. The van der Waals surface area contributed by atoms with Gasteiger partial charge < -0.3 is 5.73 Å². The monoisotopic (exact) mass is 309 g/mol. The molecule has 0 radical (unpaired) electrons. The third-order valence-corrected chi connectivity index (χ3v) is 3.94. The van der Waals surface area contributed by atoms with Crippen molar-refractivity contribution in [3.05, 3.63) is 95.3 Å². The number of hydrogen-bond acceptors (Lipinski definition) is 1. The van der Waals surface area contributed by atoms with E-state index in [1.165, 1.54) is 12.1 Å². The van der Waals surface area contributed by atoms with Crippen molar-refractivity contribution in [3.8, 4) is 0 Å². The normalized spacial score (nSPS) is 14.7. The van der Waals surface area contributed by atoms with Gasteiger partial charge in [0.25, 0.3) is 0 Å². The summed E-state index contributed by atoms with van der Waals surface area (Å²) in [7, 11) is 0. The Morgan fingerprint density at radius 2 is 1.57 bits per heavy atom. The molecule has 0 aliphatic carbocycles. The Morgan fingerprint density at radius 1 is 1.00 bits per heavy atom. The molecule has 0 aliphatic rings. The van der Waals surface area contributed by atoms with Gasteiger partial charge in [-0.2, -0.15) is 0 Å². The number of carbonyl (C=O) groups is 1. The van der Waals surface area contributed by atoms with E-state index in [2.05, 4.69) is 0 Å². The molecule has 0 bridgehead atoms. The molecule has 0 aliphatic heterocycles. The van der Waals surface area contributed by atoms with Crippen LogP contribution < -0.4 is 5.73 Å². The van der Waals surface area contributed by atoms with Crippen molar-refractivity contribution in [1.82, 2.24) is 0 Å². The van der Waals surface area contributed by atoms with Gasteiger partial charge in [0.15, 0.2) is 0 Å². The Hall–Kier alpha value is -2.68. The first-order valence-corrected chi connectivity index (χ1v) is 7.48. The molecule has 1 atom stereocenters. The van der Waals surface area contributed by atoms with Crippen LogP contribution in [0.4, 0.5) is 4.39 Å². The van der Waals surface area contributed by atoms with Crippen LogP contribution in [0.1, 0.15) is 25.0 Å². The highest BCUT2D eigenvalue weighted by molar-refractivity contribution is 5.95. The molecule has 2 rings (SSSR count). The van der Waals surface area contributed by atoms with Gasteiger partial charge in [0.1, 0.15) is 11.2 Å². The zero-order valence-electron chi connectivity index (χ0n) is 13.3. The molecule has 1 unspecified atom stereocenters. The van der Waals surface area contributed by atoms with Crippen molar-refractivity contribution in [2.75, 3.05) is 0 Å². The van der Waals surface area contributed by atoms with Gasteiger partial charge >= 0.3 is 0 Å². The first-order valence-electron chi connectivity index (χ1n) is 7.48. The number of benzene rings is 2. The number of amides is 1. The molecule has 2 N–H and O–H groups in total. The van der Waals surface area contributed by atoms with Crippen molar-refractivity contribution in [1.29, 1.82) is 0 Å². The van der Waals surface area contributed by atoms with Crippen LogP contribution in [0.5, 0.6) is 0 Å². The van der Waals surface area contributed by atoms with Crippen LogP contribution in [0.25, 0.3) is 0 Å². The molecule has 0 spiro atoms. The van der Waals surface area contributed by atoms with E-state index in [0.717, 1.165) is 11.1 Å². The highest BCUT2D eigenvalue weighted by atomic mass is 19.1. The first-order chi connectivity index (χ1) is 11.1. The molecule has 3 heteroatoms. The standard InChI is InChI=1S/C20H20FNO/c1-3-8-15(4-2)20(19(22)23,16-9-6-5-7-10-16)17-11-13-18(21)14-12-17/h3-14H,1-2H3,(H2,22,23)/b8-3-,15-4+. The molecule has 2 nitrogen and oxygen atoms in total. The summed E-state index contributed by atoms with van der Waals surface area (Å²) >= 11 is 0. The van der Waals surface area contributed by atoms with Gasteiger partial charge in [-0.05, 0) is 42.7 Å². The fraction of sp³-hybridized carbons (Fsp3) is 0.150. The fourth-order valence-electron chi connectivity index (χ4n) is 2.93. The molecule has 23 heavy (non-hydrogen) atoms. The SMILES string of the molecule is C/C=C\C(=C/C)C(C(N)=O)(c1ccccc1)c1ccc(F)cc1. The van der Waals surface area contributed by atoms with Crippen LogP contribution in [0.2, 0.25) is 0 Å². The van der Waals surface area contributed by atoms with E-state index in [4.69, 9.17) is 5.73 Å². The maximum atomic E-state index is 13.4. The van der Waals surface area contributed by atoms with E-state index in [0.29, 0.717) is 5.56 Å². The number of primary amides is 1. The van der Waals surface area contributed by atoms with Gasteiger partial charge in [-0.1, -0.05) is 60.7 Å². The quantitative estimate of drug-likeness (QED) is 0.830. The van der Waals surface area contributed by atoms with Crippen LogP contribution in [0.15, 0.2) is 78.4 Å². The Labute approximate surface area is 136 Å². The van der Waals surface area contributed by atoms with Gasteiger partial charge in [-0.3, -0.25) is 4.79 Å². The van der Waals surface area contributed by atoms with Crippen molar-refractivity contribution in [3.63, 3.8) is 0 Å². The number of rotatable bonds is 5. The van der Waals surface area contributed by atoms with Gasteiger partial charge in [-0.25, -0.2) is 4.39 Å². The lowest BCUT2D eigenvalue weighted by atomic mass is 9.68. The van der Waals surface area contributed by atoms with E-state index in [9.17, 15) is 9.18 Å². The van der Waals surface area contributed by atoms with E-state index >= 15 is 0 Å². The minimum atomic E-state index is -1.16. The maximum Gasteiger partial charge on any atom is 0.237 e. The minimum Gasteiger partial charge on any atom is -0.368 e. The van der Waals surface area contributed by atoms with E-state index < -0.39 is 11.3 Å². The zero-order valence-corrected chi connectivity index (χ0v) is 13.3. The van der Waals surface area contributed by atoms with Crippen LogP contribution in [-0.2, 0) is 10.2 Å². The third-order valence-electron chi connectivity index (χ3n) is 3.94. The zero-order chi connectivity index (χ0) is 16.9. The molecule has 0 fully saturated rings. The summed E-state index contributed by atoms with van der Waals surface area (Å²) in [4.78, 5) is 12.6. The average Bonchev–Trinajstić information content (AvgIpc) is 2.56. The lowest BCUT2D eigenvalue weighted by molar-refractivity contribution is -0.121. The van der Waals surface area contributed by atoms with Crippen LogP contribution in [0.3, 0.4) is 0 Å². The molecule has 0 saturated carbocycles. The van der Waals surface area contributed by atoms with Crippen LogP contribution in [-0.4, -0.2) is 5.91 Å². The number of hydrogen-bond donors (Lipinski definition) is 1. The summed E-state index contributed by atoms with van der Waals surface area (Å²) < 4.78 is 13.4. The first kappa shape index (κ1) is 16.7. The Balaban J connectivity index is 2.86. The second-order valence-corrected chi connectivity index (χ2v) is 5.23. The second kappa shape index (κ2) is 7.05. The van der Waals surface area contributed by atoms with Crippen molar-refractivity contribution >= 4 is 5.91 Å². The maximum absolute atomic E-state index is 13.4. The summed E-state index contributed by atoms with van der Waals surface area (Å²) in [6.45, 7) is 3.74. The molecule has 1 amide bonds. The molecule has 2 aromatic rings. The molecule has 0 aromatic heterocycles. The van der Waals surface area contributed by atoms with E-state index in [1.807, 2.05) is 62.4 Å². The Morgan fingerprint density at radius 3 is 2.04 bits per heavy atom. The van der Waals surface area contributed by atoms with E-state index in [1.54, 1.807) is 12.1 Å². The highest BCUT2D eigenvalue weighted by Crippen LogP contribution is 2.40. The summed E-state index contributed by atoms with van der Waals surface area (Å²) in [5.41, 5.74) is 6.87. The van der Waals surface area contributed by atoms with Crippen molar-refractivity contribution in [2.45, 2.75) is 19.3 Å². The van der Waals surface area contributed by atoms with Gasteiger partial charge in [0.2, 0.25) is 5.91 Å². The molecule has 118 valence electrons. The number of allylic oxidation sites excluding steroid dienone is 3. The summed E-state index contributed by atoms with van der Waals surface area (Å²) in [6, 6.07) is 15.2. The summed E-state index contributed by atoms with van der Waals surface area (Å²) in [5.74, 6) is -0.852. The third kappa shape index (κ3) is 2.95. The molecule has 2 aromatic carbocycles. The summed E-state index contributed by atoms with van der Waals surface area (Å²) in [5, 5.41) is 0. The highest BCUT2D eigenvalue weighted by Gasteiger charge is 2.42. The van der Waals surface area contributed by atoms with E-state index in [-0.39, 0.29) is 5.82 Å². The lowest BCUT2D eigenvalue weighted by Crippen LogP contribution is -2.43. The van der Waals surface area contributed by atoms with Gasteiger partial charge in [0.05, 0.1) is 0 Å². The molecular weight excluding hydrogens is 289 g/mol. The van der Waals surface area contributed by atoms with Gasteiger partial charge in [-0.15, -0.1) is 0 Å². The Bertz CT molecular complexity index is 732. The van der Waals surface area contributed by atoms with Crippen LogP contribution >= 0.6 is 0 Å². The topological polar surface area (TPSA) is 43.1 Å². The average molecular weight is 309 g/mol. The lowest BCUT2D eigenvalue weighted by Gasteiger charge is -2.33. The Kier molecular flexibility index (Phi) is 5.12. The second-order valence-electron chi connectivity index (χ2n) is 5.23. The van der Waals surface area contributed by atoms with Crippen molar-refractivity contribution in [2.24, 2.45) is 5.73 Å². The number of halogens is 1. The fourth-order valence-corrected chi connectivity index (χ4v) is 2.93. The number of carbonyl (C=O) groups excluding carboxylic acids is 1. The predicted molar refractivity (Wildman–Crippen MR) is 91.4 cm³/mol.